The van der Waals surface area contributed by atoms with Crippen LogP contribution in [0.4, 0.5) is 0 Å². The minimum Gasteiger partial charge on any atom is -0.330 e. The largest absolute Gasteiger partial charge is 0.330 e. The number of hydrogen-bond acceptors (Lipinski definition) is 1. The summed E-state index contributed by atoms with van der Waals surface area (Å²) in [7, 11) is 0. The van der Waals surface area contributed by atoms with Crippen molar-refractivity contribution in [1.29, 1.82) is 0 Å². The second-order valence-electron chi connectivity index (χ2n) is 2.26. The topological polar surface area (TPSA) is 26.0 Å². The molecule has 0 saturated carbocycles. The van der Waals surface area contributed by atoms with Crippen molar-refractivity contribution >= 4 is 24.0 Å². The van der Waals surface area contributed by atoms with Crippen molar-refractivity contribution in [2.75, 3.05) is 6.54 Å². The molecule has 0 fully saturated rings. The van der Waals surface area contributed by atoms with Crippen molar-refractivity contribution in [2.24, 2.45) is 5.73 Å². The van der Waals surface area contributed by atoms with Crippen LogP contribution in [-0.4, -0.2) is 11.4 Å². The highest BCUT2D eigenvalue weighted by atomic mass is 35.5. The van der Waals surface area contributed by atoms with E-state index in [2.05, 4.69) is 0 Å². The van der Waals surface area contributed by atoms with Crippen LogP contribution in [0.15, 0.2) is 0 Å². The van der Waals surface area contributed by atoms with Crippen LogP contribution >= 0.6 is 24.0 Å². The van der Waals surface area contributed by atoms with Gasteiger partial charge >= 0.3 is 0 Å². The van der Waals surface area contributed by atoms with Crippen LogP contribution in [-0.2, 0) is 0 Å². The fraction of sp³-hybridized carbons (Fsp3) is 1.00. The average Bonchev–Trinajstić information content (AvgIpc) is 1.30. The molecule has 0 aromatic rings. The lowest BCUT2D eigenvalue weighted by Gasteiger charge is -2.12. The fourth-order valence-corrected chi connectivity index (χ4v) is 0.452. The summed E-state index contributed by atoms with van der Waals surface area (Å²) in [6.07, 6.45) is 0.883. The molecule has 0 heterocycles. The molecule has 0 spiro atoms. The van der Waals surface area contributed by atoms with Crippen LogP contribution in [0.1, 0.15) is 20.3 Å². The summed E-state index contributed by atoms with van der Waals surface area (Å²) in [5.41, 5.74) is 5.23. The molecule has 0 aliphatic carbocycles. The maximum Gasteiger partial charge on any atom is 0.0402 e. The second kappa shape index (κ2) is 4.42. The van der Waals surface area contributed by atoms with Gasteiger partial charge in [-0.1, -0.05) is 0 Å². The lowest BCUT2D eigenvalue weighted by atomic mass is 10.1. The van der Waals surface area contributed by atoms with Crippen LogP contribution in [0.2, 0.25) is 0 Å². The van der Waals surface area contributed by atoms with Crippen LogP contribution in [0.5, 0.6) is 0 Å². The Kier molecular flexibility index (Phi) is 6.27. The van der Waals surface area contributed by atoms with Gasteiger partial charge < -0.3 is 5.73 Å². The Balaban J connectivity index is 0. The summed E-state index contributed by atoms with van der Waals surface area (Å²) < 4.78 is 0. The molecule has 0 atom stereocenters. The highest BCUT2D eigenvalue weighted by molar-refractivity contribution is 6.23. The standard InChI is InChI=1S/C5H12ClN.ClH/c1-5(2,6)3-4-7;/h3-4,7H2,1-2H3;1H. The summed E-state index contributed by atoms with van der Waals surface area (Å²) in [5, 5.41) is 0. The molecule has 1 nitrogen and oxygen atoms in total. The minimum absolute atomic E-state index is 0. The van der Waals surface area contributed by atoms with Crippen molar-refractivity contribution in [2.45, 2.75) is 25.1 Å². The SMILES string of the molecule is CC(C)(Cl)CCN.Cl. The summed E-state index contributed by atoms with van der Waals surface area (Å²) >= 11 is 5.75. The molecule has 0 aromatic carbocycles. The molecule has 2 N–H and O–H groups in total. The van der Waals surface area contributed by atoms with E-state index in [1.165, 1.54) is 0 Å². The fourth-order valence-electron chi connectivity index (χ4n) is 0.343. The van der Waals surface area contributed by atoms with Gasteiger partial charge in [0.05, 0.1) is 0 Å². The number of nitrogens with two attached hydrogens (primary N) is 1. The molecule has 0 amide bonds. The van der Waals surface area contributed by atoms with E-state index in [-0.39, 0.29) is 17.3 Å². The second-order valence-corrected chi connectivity index (χ2v) is 3.28. The third-order valence-corrected chi connectivity index (χ3v) is 0.928. The first kappa shape index (κ1) is 11.4. The first-order chi connectivity index (χ1) is 3.06. The van der Waals surface area contributed by atoms with Gasteiger partial charge in [0.2, 0.25) is 0 Å². The smallest absolute Gasteiger partial charge is 0.0402 e. The monoisotopic (exact) mass is 157 g/mol. The van der Waals surface area contributed by atoms with E-state index in [4.69, 9.17) is 17.3 Å². The van der Waals surface area contributed by atoms with E-state index in [9.17, 15) is 0 Å². The number of halogens is 2. The highest BCUT2D eigenvalue weighted by Gasteiger charge is 2.09. The number of hydrogen-bond donors (Lipinski definition) is 1. The number of rotatable bonds is 2. The van der Waals surface area contributed by atoms with Crippen LogP contribution in [0, 0.1) is 0 Å². The van der Waals surface area contributed by atoms with Crippen molar-refractivity contribution in [3.05, 3.63) is 0 Å². The van der Waals surface area contributed by atoms with Gasteiger partial charge in [0.15, 0.2) is 0 Å². The van der Waals surface area contributed by atoms with E-state index >= 15 is 0 Å². The molecule has 0 bridgehead atoms. The van der Waals surface area contributed by atoms with Crippen LogP contribution < -0.4 is 5.73 Å². The molecule has 3 heteroatoms. The molecule has 0 unspecified atom stereocenters. The van der Waals surface area contributed by atoms with E-state index in [1.807, 2.05) is 13.8 Å². The van der Waals surface area contributed by atoms with Crippen molar-refractivity contribution in [3.8, 4) is 0 Å². The molecule has 0 radical (unpaired) electrons. The minimum atomic E-state index is -0.102. The molecular formula is C5H13Cl2N. The van der Waals surface area contributed by atoms with E-state index in [0.717, 1.165) is 6.42 Å². The van der Waals surface area contributed by atoms with Crippen LogP contribution in [0.25, 0.3) is 0 Å². The van der Waals surface area contributed by atoms with Crippen molar-refractivity contribution in [3.63, 3.8) is 0 Å². The Morgan fingerprint density at radius 1 is 1.50 bits per heavy atom. The van der Waals surface area contributed by atoms with Gasteiger partial charge in [0.1, 0.15) is 0 Å². The molecule has 0 saturated heterocycles. The molecular weight excluding hydrogens is 145 g/mol. The van der Waals surface area contributed by atoms with Gasteiger partial charge in [-0.15, -0.1) is 24.0 Å². The van der Waals surface area contributed by atoms with Gasteiger partial charge in [0.25, 0.3) is 0 Å². The van der Waals surface area contributed by atoms with Crippen molar-refractivity contribution < 1.29 is 0 Å². The van der Waals surface area contributed by atoms with Gasteiger partial charge in [-0.3, -0.25) is 0 Å². The predicted molar refractivity (Wildman–Crippen MR) is 40.9 cm³/mol. The molecule has 8 heavy (non-hydrogen) atoms. The highest BCUT2D eigenvalue weighted by Crippen LogP contribution is 2.15. The summed E-state index contributed by atoms with van der Waals surface area (Å²) in [5.74, 6) is 0. The van der Waals surface area contributed by atoms with Gasteiger partial charge in [-0.25, -0.2) is 0 Å². The predicted octanol–water partition coefficient (Wildman–Crippen LogP) is 1.77. The Morgan fingerprint density at radius 3 is 1.88 bits per heavy atom. The van der Waals surface area contributed by atoms with Gasteiger partial charge in [-0.2, -0.15) is 0 Å². The third kappa shape index (κ3) is 9.74. The maximum absolute atomic E-state index is 5.75. The number of alkyl halides is 1. The lowest BCUT2D eigenvalue weighted by molar-refractivity contribution is 0.637. The zero-order valence-electron chi connectivity index (χ0n) is 5.28. The zero-order valence-corrected chi connectivity index (χ0v) is 6.85. The zero-order chi connectivity index (χ0) is 5.91. The van der Waals surface area contributed by atoms with Crippen LogP contribution in [0.3, 0.4) is 0 Å². The molecule has 52 valence electrons. The van der Waals surface area contributed by atoms with E-state index < -0.39 is 0 Å². The molecule has 0 aliphatic heterocycles. The molecule has 0 aliphatic rings. The van der Waals surface area contributed by atoms with Gasteiger partial charge in [0, 0.05) is 4.87 Å². The van der Waals surface area contributed by atoms with E-state index in [0.29, 0.717) is 6.54 Å². The Hall–Kier alpha value is 0.540. The van der Waals surface area contributed by atoms with Gasteiger partial charge in [-0.05, 0) is 26.8 Å². The van der Waals surface area contributed by atoms with Crippen molar-refractivity contribution in [1.82, 2.24) is 0 Å². The Morgan fingerprint density at radius 2 is 1.88 bits per heavy atom. The third-order valence-electron chi connectivity index (χ3n) is 0.739. The normalized spacial score (nSPS) is 10.5. The van der Waals surface area contributed by atoms with E-state index in [1.54, 1.807) is 0 Å². The first-order valence-electron chi connectivity index (χ1n) is 2.45. The lowest BCUT2D eigenvalue weighted by Crippen LogP contribution is -2.16. The first-order valence-corrected chi connectivity index (χ1v) is 2.83. The Bertz CT molecular complexity index is 48.9. The average molecular weight is 158 g/mol. The summed E-state index contributed by atoms with van der Waals surface area (Å²) in [6, 6.07) is 0. The molecule has 0 aromatic heterocycles. The molecule has 0 rings (SSSR count). The maximum atomic E-state index is 5.75. The quantitative estimate of drug-likeness (QED) is 0.609. The summed E-state index contributed by atoms with van der Waals surface area (Å²) in [6.45, 7) is 4.60. The Labute approximate surface area is 62.0 Å². The summed E-state index contributed by atoms with van der Waals surface area (Å²) in [4.78, 5) is -0.102.